The summed E-state index contributed by atoms with van der Waals surface area (Å²) in [6.07, 6.45) is -0.586. The lowest BCUT2D eigenvalue weighted by atomic mass is 10.1. The summed E-state index contributed by atoms with van der Waals surface area (Å²) < 4.78 is 11.6. The van der Waals surface area contributed by atoms with Gasteiger partial charge in [-0.1, -0.05) is 20.8 Å². The highest BCUT2D eigenvalue weighted by Crippen LogP contribution is 2.37. The Morgan fingerprint density at radius 3 is 2.00 bits per heavy atom. The summed E-state index contributed by atoms with van der Waals surface area (Å²) in [6, 6.07) is -0.412. The zero-order chi connectivity index (χ0) is 19.3. The van der Waals surface area contributed by atoms with Crippen molar-refractivity contribution in [2.45, 2.75) is 97.2 Å². The van der Waals surface area contributed by atoms with Crippen molar-refractivity contribution in [1.29, 1.82) is 0 Å². The Hall–Kier alpha value is -1.08. The van der Waals surface area contributed by atoms with Crippen LogP contribution in [-0.4, -0.2) is 43.2 Å². The third-order valence-corrected chi connectivity index (χ3v) is 8.80. The monoisotopic (exact) mass is 361 g/mol. The third kappa shape index (κ3) is 8.68. The average molecular weight is 362 g/mol. The maximum Gasteiger partial charge on any atom is 0.407 e. The van der Waals surface area contributed by atoms with Gasteiger partial charge in [0.05, 0.1) is 12.1 Å². The summed E-state index contributed by atoms with van der Waals surface area (Å²) in [5, 5.41) is 11.8. The number of nitrogens with one attached hydrogen (secondary N) is 1. The number of carbonyl (C=O) groups excluding carboxylic acids is 1. The van der Waals surface area contributed by atoms with Gasteiger partial charge in [-0.3, -0.25) is 4.79 Å². The molecule has 0 aliphatic carbocycles. The molecule has 0 aromatic rings. The number of amides is 1. The molecule has 24 heavy (non-hydrogen) atoms. The molecule has 7 heteroatoms. The summed E-state index contributed by atoms with van der Waals surface area (Å²) in [4.78, 5) is 23.0. The molecule has 0 saturated carbocycles. The largest absolute Gasteiger partial charge is 0.481 e. The maximum atomic E-state index is 12.1. The zero-order valence-electron chi connectivity index (χ0n) is 16.6. The summed E-state index contributed by atoms with van der Waals surface area (Å²) in [5.41, 5.74) is -0.606. The molecule has 1 amide bonds. The Labute approximate surface area is 147 Å². The van der Waals surface area contributed by atoms with Crippen molar-refractivity contribution in [1.82, 2.24) is 5.32 Å². The van der Waals surface area contributed by atoms with E-state index in [9.17, 15) is 9.59 Å². The van der Waals surface area contributed by atoms with Gasteiger partial charge in [0, 0.05) is 6.42 Å². The lowest BCUT2D eigenvalue weighted by molar-refractivity contribution is -0.137. The summed E-state index contributed by atoms with van der Waals surface area (Å²) in [7, 11) is -2.02. The van der Waals surface area contributed by atoms with Gasteiger partial charge >= 0.3 is 12.1 Å². The van der Waals surface area contributed by atoms with E-state index in [1.54, 1.807) is 20.8 Å². The molecule has 0 saturated heterocycles. The number of carboxylic acids is 1. The Morgan fingerprint density at radius 1 is 1.12 bits per heavy atom. The van der Waals surface area contributed by atoms with Gasteiger partial charge in [-0.25, -0.2) is 4.79 Å². The number of hydrogen-bond acceptors (Lipinski definition) is 4. The molecule has 2 unspecified atom stereocenters. The minimum Gasteiger partial charge on any atom is -0.481 e. The molecule has 142 valence electrons. The van der Waals surface area contributed by atoms with Crippen LogP contribution in [0.4, 0.5) is 4.79 Å². The molecule has 0 spiro atoms. The third-order valence-electron chi connectivity index (χ3n) is 4.22. The van der Waals surface area contributed by atoms with Gasteiger partial charge in [0.2, 0.25) is 0 Å². The van der Waals surface area contributed by atoms with Gasteiger partial charge in [0.15, 0.2) is 8.32 Å². The zero-order valence-corrected chi connectivity index (χ0v) is 17.6. The van der Waals surface area contributed by atoms with Crippen LogP contribution in [0.5, 0.6) is 0 Å². The fourth-order valence-corrected chi connectivity index (χ4v) is 3.33. The first-order valence-electron chi connectivity index (χ1n) is 8.44. The lowest BCUT2D eigenvalue weighted by Crippen LogP contribution is -2.51. The van der Waals surface area contributed by atoms with E-state index in [2.05, 4.69) is 39.2 Å². The van der Waals surface area contributed by atoms with Crippen LogP contribution in [0.1, 0.15) is 61.3 Å². The first-order valence-corrected chi connectivity index (χ1v) is 11.3. The van der Waals surface area contributed by atoms with Crippen LogP contribution in [-0.2, 0) is 14.0 Å². The Bertz CT molecular complexity index is 437. The molecule has 0 fully saturated rings. The van der Waals surface area contributed by atoms with E-state index < -0.39 is 32.0 Å². The molecule has 0 aromatic heterocycles. The first-order chi connectivity index (χ1) is 10.5. The normalized spacial score (nSPS) is 15.5. The second kappa shape index (κ2) is 8.34. The van der Waals surface area contributed by atoms with Crippen molar-refractivity contribution in [3.05, 3.63) is 0 Å². The van der Waals surface area contributed by atoms with Crippen molar-refractivity contribution in [3.8, 4) is 0 Å². The fraction of sp³-hybridized carbons (Fsp3) is 0.882. The smallest absolute Gasteiger partial charge is 0.407 e. The van der Waals surface area contributed by atoms with E-state index >= 15 is 0 Å². The second-order valence-corrected chi connectivity index (χ2v) is 13.5. The van der Waals surface area contributed by atoms with Crippen molar-refractivity contribution in [3.63, 3.8) is 0 Å². The van der Waals surface area contributed by atoms with Gasteiger partial charge in [0.25, 0.3) is 0 Å². The van der Waals surface area contributed by atoms with Gasteiger partial charge in [-0.2, -0.15) is 0 Å². The average Bonchev–Trinajstić information content (AvgIpc) is 2.29. The number of ether oxygens (including phenoxy) is 1. The maximum absolute atomic E-state index is 12.1. The summed E-state index contributed by atoms with van der Waals surface area (Å²) >= 11 is 0. The van der Waals surface area contributed by atoms with Crippen LogP contribution in [0.3, 0.4) is 0 Å². The molecule has 6 nitrogen and oxygen atoms in total. The summed E-state index contributed by atoms with van der Waals surface area (Å²) in [5.74, 6) is -0.898. The van der Waals surface area contributed by atoms with Crippen LogP contribution in [0.15, 0.2) is 0 Å². The number of hydrogen-bond donors (Lipinski definition) is 2. The lowest BCUT2D eigenvalue weighted by Gasteiger charge is -2.40. The molecule has 0 heterocycles. The number of aliphatic carboxylic acids is 1. The Balaban J connectivity index is 5.05. The number of carbonyl (C=O) groups is 2. The van der Waals surface area contributed by atoms with E-state index in [0.717, 1.165) is 0 Å². The van der Waals surface area contributed by atoms with Crippen molar-refractivity contribution in [2.75, 3.05) is 0 Å². The van der Waals surface area contributed by atoms with Crippen LogP contribution >= 0.6 is 0 Å². The Kier molecular flexibility index (Phi) is 7.96. The van der Waals surface area contributed by atoms with Crippen LogP contribution in [0.2, 0.25) is 18.1 Å². The highest BCUT2D eigenvalue weighted by molar-refractivity contribution is 6.74. The van der Waals surface area contributed by atoms with E-state index in [0.29, 0.717) is 6.42 Å². The topological polar surface area (TPSA) is 84.9 Å². The van der Waals surface area contributed by atoms with E-state index in [4.69, 9.17) is 14.3 Å². The standard InChI is InChI=1S/C17H35NO5Si/c1-12(23-24(8,9)17(5,6)7)13(10-11-14(19)20)18-15(21)22-16(2,3)4/h12-13H,10-11H2,1-9H3,(H,18,21)(H,19,20). The SMILES string of the molecule is CC(O[Si](C)(C)C(C)(C)C)C(CCC(=O)O)NC(=O)OC(C)(C)C. The van der Waals surface area contributed by atoms with Crippen molar-refractivity contribution in [2.24, 2.45) is 0 Å². The molecular formula is C17H35NO5Si. The second-order valence-electron chi connectivity index (χ2n) is 8.77. The van der Waals surface area contributed by atoms with Crippen LogP contribution in [0.25, 0.3) is 0 Å². The number of rotatable bonds is 7. The predicted molar refractivity (Wildman–Crippen MR) is 97.8 cm³/mol. The molecule has 0 aliphatic heterocycles. The fourth-order valence-electron chi connectivity index (χ4n) is 1.89. The minimum atomic E-state index is -2.02. The summed E-state index contributed by atoms with van der Waals surface area (Å²) in [6.45, 7) is 17.9. The van der Waals surface area contributed by atoms with Crippen LogP contribution < -0.4 is 5.32 Å². The van der Waals surface area contributed by atoms with Gasteiger partial charge in [0.1, 0.15) is 5.60 Å². The number of carboxylic acid groups (broad SMARTS) is 1. The van der Waals surface area contributed by atoms with Gasteiger partial charge in [-0.05, 0) is 52.2 Å². The quantitative estimate of drug-likeness (QED) is 0.665. The molecule has 0 rings (SSSR count). The highest BCUT2D eigenvalue weighted by Gasteiger charge is 2.40. The molecule has 0 bridgehead atoms. The minimum absolute atomic E-state index is 0.0323. The van der Waals surface area contributed by atoms with Gasteiger partial charge in [-0.15, -0.1) is 0 Å². The van der Waals surface area contributed by atoms with Crippen molar-refractivity contribution < 1.29 is 23.9 Å². The van der Waals surface area contributed by atoms with E-state index in [1.165, 1.54) is 0 Å². The highest BCUT2D eigenvalue weighted by atomic mass is 28.4. The van der Waals surface area contributed by atoms with Crippen molar-refractivity contribution >= 4 is 20.4 Å². The molecule has 2 N–H and O–H groups in total. The molecular weight excluding hydrogens is 326 g/mol. The predicted octanol–water partition coefficient (Wildman–Crippen LogP) is 4.15. The molecule has 0 aromatic carbocycles. The molecule has 0 radical (unpaired) electrons. The number of alkyl carbamates (subject to hydrolysis) is 1. The van der Waals surface area contributed by atoms with E-state index in [-0.39, 0.29) is 17.6 Å². The van der Waals surface area contributed by atoms with Gasteiger partial charge < -0.3 is 19.6 Å². The first kappa shape index (κ1) is 22.9. The molecule has 2 atom stereocenters. The molecule has 0 aliphatic rings. The van der Waals surface area contributed by atoms with E-state index in [1.807, 2.05) is 6.92 Å². The Morgan fingerprint density at radius 2 is 1.62 bits per heavy atom. The van der Waals surface area contributed by atoms with Crippen LogP contribution in [0, 0.1) is 0 Å².